The van der Waals surface area contributed by atoms with Crippen molar-refractivity contribution in [2.45, 2.75) is 25.8 Å². The van der Waals surface area contributed by atoms with Gasteiger partial charge < -0.3 is 23.5 Å². The van der Waals surface area contributed by atoms with Crippen LogP contribution < -0.4 is 4.74 Å². The number of carbonyl (C=O) groups is 1. The fourth-order valence-corrected chi connectivity index (χ4v) is 3.17. The maximum absolute atomic E-state index is 12.7. The van der Waals surface area contributed by atoms with Gasteiger partial charge in [-0.3, -0.25) is 4.79 Å². The van der Waals surface area contributed by atoms with Crippen molar-refractivity contribution >= 4 is 17.0 Å². The molecule has 1 aromatic carbocycles. The number of benzene rings is 1. The van der Waals surface area contributed by atoms with E-state index >= 15 is 0 Å². The van der Waals surface area contributed by atoms with Gasteiger partial charge in [0.1, 0.15) is 0 Å². The average molecular weight is 471 g/mol. The van der Waals surface area contributed by atoms with Crippen molar-refractivity contribution in [2.24, 2.45) is 0 Å². The molecule has 1 N–H and O–H groups in total. The second-order valence-corrected chi connectivity index (χ2v) is 6.67. The van der Waals surface area contributed by atoms with Crippen molar-refractivity contribution in [3.8, 4) is 5.75 Å². The number of aromatic nitrogens is 4. The van der Waals surface area contributed by atoms with Crippen molar-refractivity contribution in [2.75, 3.05) is 6.54 Å². The molecule has 0 aliphatic carbocycles. The summed E-state index contributed by atoms with van der Waals surface area (Å²) in [7, 11) is 0. The third kappa shape index (κ3) is 4.94. The molecule has 1 aliphatic rings. The SMILES string of the molecule is FC(F)(F)Oc1cccc2ocnc12.O=C(c1ocnc1C(F)F)N1CCc2nc[nH]c2C1. The number of fused-ring (bicyclic) bond motifs is 2. The molecule has 1 aliphatic heterocycles. The van der Waals surface area contributed by atoms with Crippen LogP contribution in [0.25, 0.3) is 11.1 Å². The number of carbonyl (C=O) groups excluding carboxylic acids is 1. The van der Waals surface area contributed by atoms with E-state index < -0.39 is 30.1 Å². The summed E-state index contributed by atoms with van der Waals surface area (Å²) < 4.78 is 74.4. The molecule has 0 bridgehead atoms. The molecule has 14 heteroatoms. The van der Waals surface area contributed by atoms with E-state index in [1.165, 1.54) is 23.1 Å². The van der Waals surface area contributed by atoms with Gasteiger partial charge in [0.15, 0.2) is 35.3 Å². The normalized spacial score (nSPS) is 13.6. The van der Waals surface area contributed by atoms with Gasteiger partial charge in [-0.05, 0) is 12.1 Å². The van der Waals surface area contributed by atoms with Gasteiger partial charge in [-0.2, -0.15) is 0 Å². The van der Waals surface area contributed by atoms with E-state index in [9.17, 15) is 26.7 Å². The van der Waals surface area contributed by atoms with Crippen molar-refractivity contribution in [1.82, 2.24) is 24.8 Å². The Morgan fingerprint density at radius 1 is 1.15 bits per heavy atom. The molecule has 0 radical (unpaired) electrons. The Labute approximate surface area is 181 Å². The first-order chi connectivity index (χ1) is 15.7. The van der Waals surface area contributed by atoms with Crippen LogP contribution in [0.1, 0.15) is 34.1 Å². The lowest BCUT2D eigenvalue weighted by atomic mass is 10.1. The van der Waals surface area contributed by atoms with Crippen LogP contribution in [-0.2, 0) is 13.0 Å². The number of hydrogen-bond acceptors (Lipinski definition) is 7. The monoisotopic (exact) mass is 471 g/mol. The third-order valence-electron chi connectivity index (χ3n) is 4.61. The van der Waals surface area contributed by atoms with E-state index in [0.29, 0.717) is 19.5 Å². The predicted octanol–water partition coefficient (Wildman–Crippen LogP) is 4.26. The van der Waals surface area contributed by atoms with Crippen LogP contribution in [0.3, 0.4) is 0 Å². The van der Waals surface area contributed by atoms with Gasteiger partial charge in [0.05, 0.1) is 24.3 Å². The lowest BCUT2D eigenvalue weighted by Gasteiger charge is -2.25. The first-order valence-corrected chi connectivity index (χ1v) is 9.33. The highest BCUT2D eigenvalue weighted by Gasteiger charge is 2.32. The molecule has 174 valence electrons. The number of rotatable bonds is 3. The van der Waals surface area contributed by atoms with Crippen LogP contribution in [0, 0.1) is 0 Å². The van der Waals surface area contributed by atoms with Crippen molar-refractivity contribution in [3.05, 3.63) is 60.2 Å². The van der Waals surface area contributed by atoms with E-state index in [1.807, 2.05) is 0 Å². The summed E-state index contributed by atoms with van der Waals surface area (Å²) in [6.07, 6.45) is -3.48. The first-order valence-electron chi connectivity index (χ1n) is 9.33. The molecule has 4 heterocycles. The Kier molecular flexibility index (Phi) is 5.98. The minimum Gasteiger partial charge on any atom is -0.443 e. The summed E-state index contributed by atoms with van der Waals surface area (Å²) in [5.41, 5.74) is 1.42. The first kappa shape index (κ1) is 22.2. The van der Waals surface area contributed by atoms with E-state index in [1.54, 1.807) is 6.33 Å². The minimum absolute atomic E-state index is 0.0600. The maximum atomic E-state index is 12.7. The summed E-state index contributed by atoms with van der Waals surface area (Å²) >= 11 is 0. The number of H-pyrrole nitrogens is 1. The summed E-state index contributed by atoms with van der Waals surface area (Å²) in [6, 6.07) is 4.08. The number of amides is 1. The molecule has 0 atom stereocenters. The van der Waals surface area contributed by atoms with Crippen LogP contribution in [0.5, 0.6) is 5.75 Å². The second kappa shape index (κ2) is 8.88. The number of halogens is 5. The Balaban J connectivity index is 0.000000165. The number of nitrogens with one attached hydrogen (secondary N) is 1. The van der Waals surface area contributed by atoms with Crippen molar-refractivity contribution < 1.29 is 40.3 Å². The summed E-state index contributed by atoms with van der Waals surface area (Å²) in [5, 5.41) is 0. The third-order valence-corrected chi connectivity index (χ3v) is 4.61. The van der Waals surface area contributed by atoms with E-state index in [2.05, 4.69) is 24.7 Å². The molecule has 33 heavy (non-hydrogen) atoms. The van der Waals surface area contributed by atoms with Gasteiger partial charge in [0.2, 0.25) is 5.76 Å². The Morgan fingerprint density at radius 2 is 1.94 bits per heavy atom. The molecule has 9 nitrogen and oxygen atoms in total. The van der Waals surface area contributed by atoms with Crippen LogP contribution in [0.15, 0.2) is 46.1 Å². The quantitative estimate of drug-likeness (QED) is 0.445. The van der Waals surface area contributed by atoms with Gasteiger partial charge in [-0.1, -0.05) is 6.07 Å². The largest absolute Gasteiger partial charge is 0.573 e. The zero-order chi connectivity index (χ0) is 23.6. The highest BCUT2D eigenvalue weighted by molar-refractivity contribution is 5.92. The number of oxazole rings is 2. The summed E-state index contributed by atoms with van der Waals surface area (Å²) in [6.45, 7) is 0.720. The molecule has 0 unspecified atom stereocenters. The molecule has 0 saturated heterocycles. The topological polar surface area (TPSA) is 110 Å². The highest BCUT2D eigenvalue weighted by Crippen LogP contribution is 2.29. The number of alkyl halides is 5. The van der Waals surface area contributed by atoms with Crippen LogP contribution >= 0.6 is 0 Å². The summed E-state index contributed by atoms with van der Waals surface area (Å²) in [4.78, 5) is 27.6. The molecule has 4 aromatic rings. The maximum Gasteiger partial charge on any atom is 0.573 e. The molecular formula is C19H14F5N5O4. The predicted molar refractivity (Wildman–Crippen MR) is 99.2 cm³/mol. The second-order valence-electron chi connectivity index (χ2n) is 6.67. The zero-order valence-electron chi connectivity index (χ0n) is 16.5. The van der Waals surface area contributed by atoms with E-state index in [0.717, 1.165) is 24.2 Å². The van der Waals surface area contributed by atoms with Gasteiger partial charge in [0.25, 0.3) is 12.3 Å². The number of aromatic amines is 1. The molecule has 5 rings (SSSR count). The molecule has 3 aromatic heterocycles. The summed E-state index contributed by atoms with van der Waals surface area (Å²) in [5.74, 6) is -1.32. The lowest BCUT2D eigenvalue weighted by Crippen LogP contribution is -2.36. The van der Waals surface area contributed by atoms with Crippen LogP contribution in [0.2, 0.25) is 0 Å². The fourth-order valence-electron chi connectivity index (χ4n) is 3.17. The number of imidazole rings is 1. The molecular weight excluding hydrogens is 457 g/mol. The highest BCUT2D eigenvalue weighted by atomic mass is 19.4. The number of hydrogen-bond donors (Lipinski definition) is 1. The average Bonchev–Trinajstić information content (AvgIpc) is 3.52. The number of para-hydroxylation sites is 1. The minimum atomic E-state index is -4.72. The van der Waals surface area contributed by atoms with Crippen LogP contribution in [-0.4, -0.2) is 43.7 Å². The van der Waals surface area contributed by atoms with Gasteiger partial charge in [0, 0.05) is 13.0 Å². The molecule has 1 amide bonds. The zero-order valence-corrected chi connectivity index (χ0v) is 16.5. The Bertz CT molecular complexity index is 1250. The molecule has 0 saturated carbocycles. The van der Waals surface area contributed by atoms with Gasteiger partial charge in [-0.25, -0.2) is 23.7 Å². The Morgan fingerprint density at radius 3 is 2.70 bits per heavy atom. The standard InChI is InChI=1S/C11H10F2N4O2.C8H4F3NO2/c12-10(13)8-9(19-5-16-8)11(18)17-2-1-6-7(3-17)15-4-14-6;9-8(10,11)14-6-3-1-2-5-7(6)12-4-13-5/h4-5,10H,1-3H2,(H,14,15);1-4H. The van der Waals surface area contributed by atoms with E-state index in [4.69, 9.17) is 8.83 Å². The van der Waals surface area contributed by atoms with Gasteiger partial charge in [-0.15, -0.1) is 13.2 Å². The van der Waals surface area contributed by atoms with Crippen molar-refractivity contribution in [3.63, 3.8) is 0 Å². The number of nitrogens with zero attached hydrogens (tertiary/aromatic N) is 4. The fraction of sp³-hybridized carbons (Fsp3) is 0.263. The number of ether oxygens (including phenoxy) is 1. The van der Waals surface area contributed by atoms with Crippen molar-refractivity contribution in [1.29, 1.82) is 0 Å². The molecule has 0 spiro atoms. The van der Waals surface area contributed by atoms with Crippen LogP contribution in [0.4, 0.5) is 22.0 Å². The Hall–Kier alpha value is -3.97. The molecule has 0 fully saturated rings. The lowest BCUT2D eigenvalue weighted by molar-refractivity contribution is -0.274. The smallest absolute Gasteiger partial charge is 0.443 e. The van der Waals surface area contributed by atoms with E-state index in [-0.39, 0.29) is 16.8 Å². The van der Waals surface area contributed by atoms with Gasteiger partial charge >= 0.3 is 6.36 Å².